The third-order valence-electron chi connectivity index (χ3n) is 5.19. The molecular weight excluding hydrogens is 366 g/mol. The van der Waals surface area contributed by atoms with Gasteiger partial charge in [-0.15, -0.1) is 0 Å². The molecule has 1 aromatic heterocycles. The molecule has 1 aliphatic rings. The van der Waals surface area contributed by atoms with Gasteiger partial charge in [-0.3, -0.25) is 10.1 Å². The molecule has 0 aliphatic carbocycles. The van der Waals surface area contributed by atoms with E-state index in [1.807, 2.05) is 24.4 Å². The van der Waals surface area contributed by atoms with Gasteiger partial charge in [0, 0.05) is 36.3 Å². The summed E-state index contributed by atoms with van der Waals surface area (Å²) in [4.78, 5) is 13.6. The molecule has 2 heterocycles. The van der Waals surface area contributed by atoms with Gasteiger partial charge in [-0.05, 0) is 36.5 Å². The Balaban J connectivity index is 1.56. The molecule has 0 bridgehead atoms. The lowest BCUT2D eigenvalue weighted by atomic mass is 9.90. The Bertz CT molecular complexity index is 1100. The summed E-state index contributed by atoms with van der Waals surface area (Å²) in [5, 5.41) is 12.4. The maximum absolute atomic E-state index is 12.9. The highest BCUT2D eigenvalue weighted by Gasteiger charge is 2.34. The number of sulfonamides is 1. The van der Waals surface area contributed by atoms with E-state index in [1.165, 1.54) is 34.1 Å². The number of para-hydroxylation sites is 2. The fourth-order valence-corrected chi connectivity index (χ4v) is 5.43. The highest BCUT2D eigenvalue weighted by molar-refractivity contribution is 7.89. The van der Waals surface area contributed by atoms with Crippen LogP contribution in [0.2, 0.25) is 0 Å². The number of aromatic amines is 1. The molecule has 27 heavy (non-hydrogen) atoms. The van der Waals surface area contributed by atoms with Crippen LogP contribution < -0.4 is 0 Å². The molecule has 2 aromatic carbocycles. The molecule has 4 rings (SSSR count). The number of hydrogen-bond acceptors (Lipinski definition) is 4. The summed E-state index contributed by atoms with van der Waals surface area (Å²) in [7, 11) is -3.89. The van der Waals surface area contributed by atoms with Crippen molar-refractivity contribution in [3.8, 4) is 0 Å². The summed E-state index contributed by atoms with van der Waals surface area (Å²) < 4.78 is 27.2. The van der Waals surface area contributed by atoms with Gasteiger partial charge in [-0.25, -0.2) is 8.42 Å². The number of hydrogen-bond donors (Lipinski definition) is 1. The lowest BCUT2D eigenvalue weighted by Gasteiger charge is -2.31. The van der Waals surface area contributed by atoms with Crippen LogP contribution in [0.1, 0.15) is 24.3 Å². The molecule has 0 atom stereocenters. The Kier molecular flexibility index (Phi) is 4.45. The van der Waals surface area contributed by atoms with Crippen LogP contribution in [0.4, 0.5) is 5.69 Å². The van der Waals surface area contributed by atoms with Crippen molar-refractivity contribution < 1.29 is 13.3 Å². The first-order valence-corrected chi connectivity index (χ1v) is 10.2. The molecule has 1 aliphatic heterocycles. The fourth-order valence-electron chi connectivity index (χ4n) is 3.80. The number of nitro groups is 1. The predicted molar refractivity (Wildman–Crippen MR) is 102 cm³/mol. The van der Waals surface area contributed by atoms with E-state index in [1.54, 1.807) is 0 Å². The molecule has 0 radical (unpaired) electrons. The number of piperidine rings is 1. The third-order valence-corrected chi connectivity index (χ3v) is 7.14. The van der Waals surface area contributed by atoms with Gasteiger partial charge >= 0.3 is 0 Å². The molecule has 8 heteroatoms. The van der Waals surface area contributed by atoms with Crippen LogP contribution in [0.5, 0.6) is 0 Å². The molecule has 0 amide bonds. The van der Waals surface area contributed by atoms with E-state index < -0.39 is 14.9 Å². The molecule has 0 saturated carbocycles. The molecule has 140 valence electrons. The number of nitrogens with zero attached hydrogens (tertiary/aromatic N) is 2. The summed E-state index contributed by atoms with van der Waals surface area (Å²) >= 11 is 0. The molecule has 3 aromatic rings. The van der Waals surface area contributed by atoms with Gasteiger partial charge in [0.1, 0.15) is 0 Å². The monoisotopic (exact) mass is 385 g/mol. The molecular formula is C19H19N3O4S. The van der Waals surface area contributed by atoms with Crippen molar-refractivity contribution in [2.24, 2.45) is 0 Å². The van der Waals surface area contributed by atoms with E-state index >= 15 is 0 Å². The molecule has 0 spiro atoms. The van der Waals surface area contributed by atoms with E-state index in [4.69, 9.17) is 0 Å². The number of nitrogens with one attached hydrogen (secondary N) is 1. The van der Waals surface area contributed by atoms with Crippen molar-refractivity contribution in [3.05, 3.63) is 70.4 Å². The Morgan fingerprint density at radius 2 is 1.70 bits per heavy atom. The lowest BCUT2D eigenvalue weighted by molar-refractivity contribution is -0.387. The van der Waals surface area contributed by atoms with Crippen LogP contribution in [0.3, 0.4) is 0 Å². The maximum Gasteiger partial charge on any atom is 0.289 e. The number of benzene rings is 2. The first-order valence-electron chi connectivity index (χ1n) is 8.78. The predicted octanol–water partition coefficient (Wildman–Crippen LogP) is 3.64. The summed E-state index contributed by atoms with van der Waals surface area (Å²) in [6.07, 6.45) is 3.37. The minimum Gasteiger partial charge on any atom is -0.361 e. The summed E-state index contributed by atoms with van der Waals surface area (Å²) in [6, 6.07) is 13.6. The van der Waals surface area contributed by atoms with Crippen LogP contribution in [0.15, 0.2) is 59.6 Å². The Hall–Kier alpha value is -2.71. The van der Waals surface area contributed by atoms with E-state index in [0.717, 1.165) is 10.9 Å². The van der Waals surface area contributed by atoms with Crippen molar-refractivity contribution in [1.29, 1.82) is 0 Å². The largest absolute Gasteiger partial charge is 0.361 e. The van der Waals surface area contributed by atoms with E-state index in [0.29, 0.717) is 25.9 Å². The molecule has 0 unspecified atom stereocenters. The van der Waals surface area contributed by atoms with Crippen molar-refractivity contribution >= 4 is 26.6 Å². The molecule has 1 saturated heterocycles. The summed E-state index contributed by atoms with van der Waals surface area (Å²) in [5.41, 5.74) is 1.90. The number of H-pyrrole nitrogens is 1. The van der Waals surface area contributed by atoms with Crippen LogP contribution in [-0.2, 0) is 10.0 Å². The maximum atomic E-state index is 12.9. The Morgan fingerprint density at radius 3 is 2.44 bits per heavy atom. The Labute approximate surface area is 156 Å². The number of fused-ring (bicyclic) bond motifs is 1. The highest BCUT2D eigenvalue weighted by atomic mass is 32.2. The van der Waals surface area contributed by atoms with Gasteiger partial charge in [-0.1, -0.05) is 30.3 Å². The van der Waals surface area contributed by atoms with E-state index in [2.05, 4.69) is 11.1 Å². The van der Waals surface area contributed by atoms with Gasteiger partial charge in [-0.2, -0.15) is 4.31 Å². The average Bonchev–Trinajstić information content (AvgIpc) is 3.12. The number of nitro benzene ring substituents is 1. The second-order valence-corrected chi connectivity index (χ2v) is 8.60. The van der Waals surface area contributed by atoms with Crippen LogP contribution in [0.25, 0.3) is 10.9 Å². The molecule has 1 N–H and O–H groups in total. The highest BCUT2D eigenvalue weighted by Crippen LogP contribution is 2.35. The minimum absolute atomic E-state index is 0.236. The molecule has 1 fully saturated rings. The minimum atomic E-state index is -3.89. The third kappa shape index (κ3) is 3.11. The second kappa shape index (κ2) is 6.79. The van der Waals surface area contributed by atoms with Gasteiger partial charge in [0.05, 0.1) is 4.92 Å². The van der Waals surface area contributed by atoms with Crippen LogP contribution in [-0.4, -0.2) is 35.7 Å². The molecule has 7 nitrogen and oxygen atoms in total. The Morgan fingerprint density at radius 1 is 1.04 bits per heavy atom. The topological polar surface area (TPSA) is 96.3 Å². The first-order chi connectivity index (χ1) is 13.0. The SMILES string of the molecule is O=[N+]([O-])c1ccccc1S(=O)(=O)N1CCC(c2c[nH]c3ccccc23)CC1. The first kappa shape index (κ1) is 17.7. The standard InChI is InChI=1S/C19H19N3O4S/c23-22(24)18-7-3-4-8-19(18)27(25,26)21-11-9-14(10-12-21)16-13-20-17-6-2-1-5-15(16)17/h1-8,13-14,20H,9-12H2. The normalized spacial score (nSPS) is 16.6. The fraction of sp³-hybridized carbons (Fsp3) is 0.263. The van der Waals surface area contributed by atoms with Crippen molar-refractivity contribution in [2.45, 2.75) is 23.7 Å². The van der Waals surface area contributed by atoms with Gasteiger partial charge in [0.15, 0.2) is 4.90 Å². The second-order valence-electron chi connectivity index (χ2n) is 6.69. The number of rotatable bonds is 4. The van der Waals surface area contributed by atoms with Gasteiger partial charge in [0.2, 0.25) is 10.0 Å². The van der Waals surface area contributed by atoms with Crippen LogP contribution >= 0.6 is 0 Å². The smallest absolute Gasteiger partial charge is 0.289 e. The van der Waals surface area contributed by atoms with Gasteiger partial charge in [0.25, 0.3) is 5.69 Å². The number of aromatic nitrogens is 1. The van der Waals surface area contributed by atoms with Crippen LogP contribution in [0, 0.1) is 10.1 Å². The summed E-state index contributed by atoms with van der Waals surface area (Å²) in [5.74, 6) is 0.262. The zero-order valence-corrected chi connectivity index (χ0v) is 15.4. The zero-order valence-electron chi connectivity index (χ0n) is 14.5. The van der Waals surface area contributed by atoms with Crippen molar-refractivity contribution in [3.63, 3.8) is 0 Å². The lowest BCUT2D eigenvalue weighted by Crippen LogP contribution is -2.38. The average molecular weight is 385 g/mol. The van der Waals surface area contributed by atoms with Crippen molar-refractivity contribution in [1.82, 2.24) is 9.29 Å². The zero-order chi connectivity index (χ0) is 19.0. The van der Waals surface area contributed by atoms with E-state index in [9.17, 15) is 18.5 Å². The summed E-state index contributed by atoms with van der Waals surface area (Å²) in [6.45, 7) is 0.692. The quantitative estimate of drug-likeness (QED) is 0.548. The van der Waals surface area contributed by atoms with E-state index in [-0.39, 0.29) is 16.5 Å². The van der Waals surface area contributed by atoms with Crippen molar-refractivity contribution in [2.75, 3.05) is 13.1 Å². The van der Waals surface area contributed by atoms with Gasteiger partial charge < -0.3 is 4.98 Å².